The van der Waals surface area contributed by atoms with E-state index in [1.807, 2.05) is 43.9 Å². The fourth-order valence-electron chi connectivity index (χ4n) is 3.68. The lowest BCUT2D eigenvalue weighted by Crippen LogP contribution is -2.58. The SMILES string of the molecule is CC1CN(C(=O)OC(C)(C)C)CC(C)N1Cc1cccc(-c2ccnc(Cl)n2)c1. The first-order valence-corrected chi connectivity index (χ1v) is 10.3. The van der Waals surface area contributed by atoms with Crippen molar-refractivity contribution in [2.75, 3.05) is 13.1 Å². The molecule has 1 amide bonds. The van der Waals surface area contributed by atoms with Gasteiger partial charge in [0.15, 0.2) is 0 Å². The summed E-state index contributed by atoms with van der Waals surface area (Å²) < 4.78 is 5.55. The van der Waals surface area contributed by atoms with E-state index >= 15 is 0 Å². The van der Waals surface area contributed by atoms with Gasteiger partial charge >= 0.3 is 6.09 Å². The molecule has 1 aliphatic heterocycles. The first kappa shape index (κ1) is 21.5. The maximum atomic E-state index is 12.5. The minimum absolute atomic E-state index is 0.225. The summed E-state index contributed by atoms with van der Waals surface area (Å²) in [5.74, 6) is 0. The normalized spacial score (nSPS) is 20.6. The van der Waals surface area contributed by atoms with Gasteiger partial charge in [-0.05, 0) is 63.9 Å². The Morgan fingerprint density at radius 3 is 2.52 bits per heavy atom. The van der Waals surface area contributed by atoms with Crippen molar-refractivity contribution >= 4 is 17.7 Å². The smallest absolute Gasteiger partial charge is 0.410 e. The molecule has 2 unspecified atom stereocenters. The van der Waals surface area contributed by atoms with Crippen molar-refractivity contribution in [2.24, 2.45) is 0 Å². The van der Waals surface area contributed by atoms with E-state index in [-0.39, 0.29) is 23.5 Å². The second-order valence-electron chi connectivity index (χ2n) is 8.67. The first-order chi connectivity index (χ1) is 13.6. The number of amides is 1. The van der Waals surface area contributed by atoms with Gasteiger partial charge in [-0.1, -0.05) is 18.2 Å². The third-order valence-electron chi connectivity index (χ3n) is 4.97. The Bertz CT molecular complexity index is 856. The Balaban J connectivity index is 1.70. The van der Waals surface area contributed by atoms with Crippen LogP contribution in [0.4, 0.5) is 4.79 Å². The zero-order valence-corrected chi connectivity index (χ0v) is 18.5. The van der Waals surface area contributed by atoms with E-state index < -0.39 is 5.60 Å². The Labute approximate surface area is 177 Å². The molecule has 1 aromatic heterocycles. The zero-order valence-electron chi connectivity index (χ0n) is 17.7. The van der Waals surface area contributed by atoms with Gasteiger partial charge in [0.2, 0.25) is 5.28 Å². The first-order valence-electron chi connectivity index (χ1n) is 9.94. The molecule has 1 aliphatic rings. The van der Waals surface area contributed by atoms with Crippen LogP contribution in [0.2, 0.25) is 5.28 Å². The number of carbonyl (C=O) groups excluding carboxylic acids is 1. The summed E-state index contributed by atoms with van der Waals surface area (Å²) in [7, 11) is 0. The van der Waals surface area contributed by atoms with Crippen LogP contribution in [0, 0.1) is 0 Å². The molecule has 1 saturated heterocycles. The number of rotatable bonds is 3. The lowest BCUT2D eigenvalue weighted by Gasteiger charge is -2.44. The van der Waals surface area contributed by atoms with Gasteiger partial charge in [-0.15, -0.1) is 0 Å². The van der Waals surface area contributed by atoms with Gasteiger partial charge in [0, 0.05) is 43.5 Å². The molecule has 0 radical (unpaired) electrons. The summed E-state index contributed by atoms with van der Waals surface area (Å²) in [5, 5.41) is 0.244. The van der Waals surface area contributed by atoms with Crippen molar-refractivity contribution in [3.8, 4) is 11.3 Å². The predicted molar refractivity (Wildman–Crippen MR) is 115 cm³/mol. The minimum Gasteiger partial charge on any atom is -0.444 e. The lowest BCUT2D eigenvalue weighted by atomic mass is 10.0. The summed E-state index contributed by atoms with van der Waals surface area (Å²) >= 11 is 5.93. The van der Waals surface area contributed by atoms with Gasteiger partial charge < -0.3 is 9.64 Å². The van der Waals surface area contributed by atoms with Crippen molar-refractivity contribution < 1.29 is 9.53 Å². The molecule has 0 saturated carbocycles. The molecule has 6 nitrogen and oxygen atoms in total. The fourth-order valence-corrected chi connectivity index (χ4v) is 3.83. The molecule has 7 heteroatoms. The summed E-state index contributed by atoms with van der Waals surface area (Å²) in [6, 6.07) is 10.6. The maximum absolute atomic E-state index is 12.5. The van der Waals surface area contributed by atoms with Crippen LogP contribution in [0.1, 0.15) is 40.2 Å². The highest BCUT2D eigenvalue weighted by Crippen LogP contribution is 2.24. The third-order valence-corrected chi connectivity index (χ3v) is 5.15. The van der Waals surface area contributed by atoms with E-state index in [9.17, 15) is 4.79 Å². The molecule has 1 aromatic carbocycles. The van der Waals surface area contributed by atoms with Crippen molar-refractivity contribution in [2.45, 2.75) is 58.8 Å². The van der Waals surface area contributed by atoms with Crippen molar-refractivity contribution in [3.63, 3.8) is 0 Å². The number of hydrogen-bond donors (Lipinski definition) is 0. The highest BCUT2D eigenvalue weighted by Gasteiger charge is 2.33. The zero-order chi connectivity index (χ0) is 21.2. The highest BCUT2D eigenvalue weighted by atomic mass is 35.5. The molecule has 2 heterocycles. The monoisotopic (exact) mass is 416 g/mol. The number of halogens is 1. The van der Waals surface area contributed by atoms with Gasteiger partial charge in [0.05, 0.1) is 5.69 Å². The van der Waals surface area contributed by atoms with E-state index in [0.717, 1.165) is 17.8 Å². The minimum atomic E-state index is -0.481. The van der Waals surface area contributed by atoms with E-state index in [1.54, 1.807) is 6.20 Å². The number of aromatic nitrogens is 2. The molecule has 2 atom stereocenters. The van der Waals surface area contributed by atoms with Crippen LogP contribution in [-0.2, 0) is 11.3 Å². The number of nitrogens with zero attached hydrogens (tertiary/aromatic N) is 4. The van der Waals surface area contributed by atoms with E-state index in [1.165, 1.54) is 5.56 Å². The summed E-state index contributed by atoms with van der Waals surface area (Å²) in [6.07, 6.45) is 1.43. The van der Waals surface area contributed by atoms with Gasteiger partial charge in [0.25, 0.3) is 0 Å². The number of benzene rings is 1. The topological polar surface area (TPSA) is 58.6 Å². The van der Waals surface area contributed by atoms with Gasteiger partial charge in [-0.2, -0.15) is 0 Å². The lowest BCUT2D eigenvalue weighted by molar-refractivity contribution is -0.00966. The molecular weight excluding hydrogens is 388 g/mol. The largest absolute Gasteiger partial charge is 0.444 e. The summed E-state index contributed by atoms with van der Waals surface area (Å²) in [5.41, 5.74) is 2.54. The average molecular weight is 417 g/mol. The van der Waals surface area contributed by atoms with Crippen molar-refractivity contribution in [1.82, 2.24) is 19.8 Å². The molecular formula is C22H29ClN4O2. The molecule has 0 aliphatic carbocycles. The van der Waals surface area contributed by atoms with Crippen LogP contribution in [0.15, 0.2) is 36.5 Å². The van der Waals surface area contributed by atoms with Gasteiger partial charge in [-0.3, -0.25) is 4.90 Å². The Morgan fingerprint density at radius 1 is 1.21 bits per heavy atom. The fraction of sp³-hybridized carbons (Fsp3) is 0.500. The second-order valence-corrected chi connectivity index (χ2v) is 9.01. The molecule has 29 heavy (non-hydrogen) atoms. The molecule has 156 valence electrons. The molecule has 2 aromatic rings. The van der Waals surface area contributed by atoms with Crippen LogP contribution in [0.5, 0.6) is 0 Å². The Hall–Kier alpha value is -2.18. The molecule has 0 spiro atoms. The number of hydrogen-bond acceptors (Lipinski definition) is 5. The average Bonchev–Trinajstić information content (AvgIpc) is 2.63. The predicted octanol–water partition coefficient (Wildman–Crippen LogP) is 4.63. The van der Waals surface area contributed by atoms with E-state index in [2.05, 4.69) is 40.8 Å². The highest BCUT2D eigenvalue weighted by molar-refractivity contribution is 6.28. The van der Waals surface area contributed by atoms with Crippen LogP contribution >= 0.6 is 11.6 Å². The molecule has 0 bridgehead atoms. The Morgan fingerprint density at radius 2 is 1.90 bits per heavy atom. The molecule has 1 fully saturated rings. The Kier molecular flexibility index (Phi) is 6.44. The number of piperazine rings is 1. The second kappa shape index (κ2) is 8.67. The molecule has 0 N–H and O–H groups in total. The van der Waals surface area contributed by atoms with Gasteiger partial charge in [0.1, 0.15) is 5.60 Å². The number of carbonyl (C=O) groups is 1. The van der Waals surface area contributed by atoms with Crippen LogP contribution < -0.4 is 0 Å². The quantitative estimate of drug-likeness (QED) is 0.683. The van der Waals surface area contributed by atoms with Crippen LogP contribution in [0.3, 0.4) is 0 Å². The van der Waals surface area contributed by atoms with E-state index in [0.29, 0.717) is 13.1 Å². The van der Waals surface area contributed by atoms with Crippen molar-refractivity contribution in [3.05, 3.63) is 47.4 Å². The summed E-state index contributed by atoms with van der Waals surface area (Å²) in [4.78, 5) is 25.0. The number of ether oxygens (including phenoxy) is 1. The van der Waals surface area contributed by atoms with Crippen molar-refractivity contribution in [1.29, 1.82) is 0 Å². The van der Waals surface area contributed by atoms with Crippen LogP contribution in [-0.4, -0.2) is 56.6 Å². The standard InChI is InChI=1S/C22H29ClN4O2/c1-15-12-26(21(28)29-22(3,4)5)13-16(2)27(15)14-17-7-6-8-18(11-17)19-9-10-24-20(23)25-19/h6-11,15-16H,12-14H2,1-5H3. The summed E-state index contributed by atoms with van der Waals surface area (Å²) in [6.45, 7) is 12.1. The van der Waals surface area contributed by atoms with E-state index in [4.69, 9.17) is 16.3 Å². The van der Waals surface area contributed by atoms with Gasteiger partial charge in [-0.25, -0.2) is 14.8 Å². The maximum Gasteiger partial charge on any atom is 0.410 e. The van der Waals surface area contributed by atoms with Crippen LogP contribution in [0.25, 0.3) is 11.3 Å². The molecule has 3 rings (SSSR count). The third kappa shape index (κ3) is 5.67.